The summed E-state index contributed by atoms with van der Waals surface area (Å²) in [6, 6.07) is 4.87. The number of aromatic hydroxyl groups is 1. The van der Waals surface area contributed by atoms with E-state index >= 15 is 0 Å². The molecule has 2 aromatic rings. The predicted octanol–water partition coefficient (Wildman–Crippen LogP) is 1.25. The lowest BCUT2D eigenvalue weighted by molar-refractivity contribution is 0.444. The first-order valence-corrected chi connectivity index (χ1v) is 5.27. The molecule has 0 saturated carbocycles. The molecule has 17 heavy (non-hydrogen) atoms. The average Bonchev–Trinajstić information content (AvgIpc) is 2.61. The van der Waals surface area contributed by atoms with Gasteiger partial charge in [0.25, 0.3) is 0 Å². The molecule has 3 N–H and O–H groups in total. The Hall–Kier alpha value is -2.11. The summed E-state index contributed by atoms with van der Waals surface area (Å²) in [6.07, 6.45) is 0. The second kappa shape index (κ2) is 3.73. The van der Waals surface area contributed by atoms with Crippen LogP contribution in [-0.2, 0) is 5.41 Å². The highest BCUT2D eigenvalue weighted by atomic mass is 16.3. The molecule has 2 rings (SSSR count). The lowest BCUT2D eigenvalue weighted by Crippen LogP contribution is -2.13. The van der Waals surface area contributed by atoms with Crippen LogP contribution in [0.2, 0.25) is 0 Å². The molecule has 0 atom stereocenters. The van der Waals surface area contributed by atoms with E-state index in [-0.39, 0.29) is 11.3 Å². The normalized spacial score (nSPS) is 11.7. The van der Waals surface area contributed by atoms with Gasteiger partial charge in [-0.1, -0.05) is 20.8 Å². The summed E-state index contributed by atoms with van der Waals surface area (Å²) < 4.78 is 1.51. The van der Waals surface area contributed by atoms with E-state index in [9.17, 15) is 0 Å². The fourth-order valence-electron chi connectivity index (χ4n) is 1.38. The molecule has 0 amide bonds. The average molecular weight is 233 g/mol. The van der Waals surface area contributed by atoms with E-state index < -0.39 is 0 Å². The third kappa shape index (κ3) is 2.20. The Balaban J connectivity index is 2.46. The summed E-state index contributed by atoms with van der Waals surface area (Å²) in [7, 11) is 0. The summed E-state index contributed by atoms with van der Waals surface area (Å²) >= 11 is 0. The minimum Gasteiger partial charge on any atom is -0.492 e. The van der Waals surface area contributed by atoms with Crippen molar-refractivity contribution in [1.29, 1.82) is 0 Å². The van der Waals surface area contributed by atoms with E-state index in [0.717, 1.165) is 5.69 Å². The Morgan fingerprint density at radius 3 is 2.41 bits per heavy atom. The molecule has 0 radical (unpaired) electrons. The van der Waals surface area contributed by atoms with Crippen LogP contribution in [0.5, 0.6) is 5.88 Å². The molecule has 0 aromatic carbocycles. The van der Waals surface area contributed by atoms with Crippen molar-refractivity contribution in [1.82, 2.24) is 20.0 Å². The van der Waals surface area contributed by atoms with Crippen molar-refractivity contribution in [3.05, 3.63) is 23.9 Å². The van der Waals surface area contributed by atoms with Crippen LogP contribution in [0.4, 0.5) is 5.82 Å². The summed E-state index contributed by atoms with van der Waals surface area (Å²) in [4.78, 5) is 0. The Kier molecular flexibility index (Phi) is 2.49. The van der Waals surface area contributed by atoms with E-state index in [1.807, 2.05) is 6.07 Å². The van der Waals surface area contributed by atoms with Crippen molar-refractivity contribution in [3.63, 3.8) is 0 Å². The molecule has 0 aliphatic heterocycles. The second-order valence-electron chi connectivity index (χ2n) is 4.87. The Bertz CT molecular complexity index is 524. The zero-order valence-electron chi connectivity index (χ0n) is 10.0. The van der Waals surface area contributed by atoms with Crippen molar-refractivity contribution in [3.8, 4) is 11.7 Å². The fourth-order valence-corrected chi connectivity index (χ4v) is 1.38. The molecule has 90 valence electrons. The van der Waals surface area contributed by atoms with Crippen molar-refractivity contribution >= 4 is 5.82 Å². The molecule has 2 aromatic heterocycles. The summed E-state index contributed by atoms with van der Waals surface area (Å²) in [6.45, 7) is 6.17. The topological polar surface area (TPSA) is 89.8 Å². The van der Waals surface area contributed by atoms with Crippen LogP contribution >= 0.6 is 0 Å². The van der Waals surface area contributed by atoms with Crippen molar-refractivity contribution in [2.24, 2.45) is 0 Å². The molecular formula is C11H15N5O. The number of aromatic nitrogens is 4. The molecule has 0 aliphatic rings. The van der Waals surface area contributed by atoms with E-state index in [4.69, 9.17) is 10.8 Å². The van der Waals surface area contributed by atoms with E-state index in [0.29, 0.717) is 11.6 Å². The van der Waals surface area contributed by atoms with Gasteiger partial charge in [-0.3, -0.25) is 0 Å². The number of rotatable bonds is 1. The summed E-state index contributed by atoms with van der Waals surface area (Å²) in [5.41, 5.74) is 6.68. The van der Waals surface area contributed by atoms with Gasteiger partial charge in [-0.2, -0.15) is 9.78 Å². The van der Waals surface area contributed by atoms with E-state index in [1.54, 1.807) is 6.07 Å². The van der Waals surface area contributed by atoms with Crippen molar-refractivity contribution < 1.29 is 5.11 Å². The van der Waals surface area contributed by atoms with E-state index in [2.05, 4.69) is 36.1 Å². The van der Waals surface area contributed by atoms with Gasteiger partial charge in [0.2, 0.25) is 5.88 Å². The van der Waals surface area contributed by atoms with Crippen LogP contribution < -0.4 is 5.73 Å². The third-order valence-corrected chi connectivity index (χ3v) is 2.36. The first kappa shape index (κ1) is 11.4. The molecule has 0 unspecified atom stereocenters. The quantitative estimate of drug-likeness (QED) is 0.773. The first-order valence-electron chi connectivity index (χ1n) is 5.27. The van der Waals surface area contributed by atoms with E-state index in [1.165, 1.54) is 10.7 Å². The minimum atomic E-state index is -0.129. The maximum atomic E-state index is 9.07. The fraction of sp³-hybridized carbons (Fsp3) is 0.364. The van der Waals surface area contributed by atoms with Crippen LogP contribution in [0, 0.1) is 0 Å². The SMILES string of the molecule is CC(C)(C)c1cc(N)n(-c2ccc(O)nn2)n1. The lowest BCUT2D eigenvalue weighted by Gasteiger charge is -2.13. The van der Waals surface area contributed by atoms with Gasteiger partial charge in [0.15, 0.2) is 5.82 Å². The standard InChI is InChI=1S/C11H15N5O/c1-11(2,3)7-6-8(12)16(15-7)9-4-5-10(17)14-13-9/h4-6H,12H2,1-3H3,(H,14,17). The predicted molar refractivity (Wildman–Crippen MR) is 63.9 cm³/mol. The summed E-state index contributed by atoms with van der Waals surface area (Å²) in [5, 5.41) is 20.8. The molecule has 0 saturated heterocycles. The molecule has 2 heterocycles. The minimum absolute atomic E-state index is 0.0796. The molecular weight excluding hydrogens is 218 g/mol. The molecule has 0 fully saturated rings. The van der Waals surface area contributed by atoms with Gasteiger partial charge in [0, 0.05) is 17.5 Å². The van der Waals surface area contributed by atoms with Gasteiger partial charge < -0.3 is 10.8 Å². The van der Waals surface area contributed by atoms with Gasteiger partial charge in [-0.15, -0.1) is 10.2 Å². The number of nitrogen functional groups attached to an aromatic ring is 1. The monoisotopic (exact) mass is 233 g/mol. The molecule has 6 nitrogen and oxygen atoms in total. The zero-order valence-corrected chi connectivity index (χ0v) is 10.0. The largest absolute Gasteiger partial charge is 0.492 e. The third-order valence-electron chi connectivity index (χ3n) is 2.36. The van der Waals surface area contributed by atoms with Gasteiger partial charge in [0.1, 0.15) is 5.82 Å². The number of hydrogen-bond acceptors (Lipinski definition) is 5. The zero-order chi connectivity index (χ0) is 12.6. The highest BCUT2D eigenvalue weighted by molar-refractivity contribution is 5.40. The smallest absolute Gasteiger partial charge is 0.231 e. The number of hydrogen-bond donors (Lipinski definition) is 2. The van der Waals surface area contributed by atoms with Crippen LogP contribution in [0.25, 0.3) is 5.82 Å². The van der Waals surface area contributed by atoms with Crippen LogP contribution in [0.1, 0.15) is 26.5 Å². The highest BCUT2D eigenvalue weighted by Crippen LogP contribution is 2.24. The summed E-state index contributed by atoms with van der Waals surface area (Å²) in [5.74, 6) is 0.848. The maximum absolute atomic E-state index is 9.07. The van der Waals surface area contributed by atoms with Crippen LogP contribution in [0.3, 0.4) is 0 Å². The van der Waals surface area contributed by atoms with Gasteiger partial charge in [-0.05, 0) is 6.07 Å². The highest BCUT2D eigenvalue weighted by Gasteiger charge is 2.19. The maximum Gasteiger partial charge on any atom is 0.231 e. The molecule has 0 bridgehead atoms. The van der Waals surface area contributed by atoms with Crippen molar-refractivity contribution in [2.75, 3.05) is 5.73 Å². The molecule has 0 aliphatic carbocycles. The number of nitrogens with zero attached hydrogens (tertiary/aromatic N) is 4. The Morgan fingerprint density at radius 2 is 1.94 bits per heavy atom. The number of nitrogens with two attached hydrogens (primary N) is 1. The molecule has 0 spiro atoms. The Morgan fingerprint density at radius 1 is 1.24 bits per heavy atom. The van der Waals surface area contributed by atoms with Gasteiger partial charge >= 0.3 is 0 Å². The Labute approximate surface area is 99.1 Å². The van der Waals surface area contributed by atoms with Gasteiger partial charge in [0.05, 0.1) is 5.69 Å². The molecule has 6 heteroatoms. The number of anilines is 1. The lowest BCUT2D eigenvalue weighted by atomic mass is 9.92. The van der Waals surface area contributed by atoms with Gasteiger partial charge in [-0.25, -0.2) is 0 Å². The van der Waals surface area contributed by atoms with Crippen LogP contribution in [0.15, 0.2) is 18.2 Å². The van der Waals surface area contributed by atoms with Crippen molar-refractivity contribution in [2.45, 2.75) is 26.2 Å². The second-order valence-corrected chi connectivity index (χ2v) is 4.87. The van der Waals surface area contributed by atoms with Crippen LogP contribution in [-0.4, -0.2) is 25.1 Å². The first-order chi connectivity index (χ1) is 7.88.